The van der Waals surface area contributed by atoms with Crippen LogP contribution >= 0.6 is 0 Å². The van der Waals surface area contributed by atoms with Crippen molar-refractivity contribution >= 4 is 5.78 Å². The molecule has 2 aromatic rings. The Balaban J connectivity index is 1.94. The van der Waals surface area contributed by atoms with Gasteiger partial charge in [-0.05, 0) is 17.0 Å². The summed E-state index contributed by atoms with van der Waals surface area (Å²) in [7, 11) is 1.68. The Morgan fingerprint density at radius 2 is 1.62 bits per heavy atom. The molecule has 1 saturated carbocycles. The molecular formula is C19H20O2. The SMILES string of the molecule is COc1ccccc1C1C(C(=O)c2ccccc2)C1(C)C. The zero-order valence-corrected chi connectivity index (χ0v) is 12.7. The molecule has 2 atom stereocenters. The van der Waals surface area contributed by atoms with E-state index in [2.05, 4.69) is 19.9 Å². The second-order valence-electron chi connectivity index (χ2n) is 6.25. The number of ketones is 1. The smallest absolute Gasteiger partial charge is 0.167 e. The highest BCUT2D eigenvalue weighted by atomic mass is 16.5. The monoisotopic (exact) mass is 280 g/mol. The topological polar surface area (TPSA) is 26.3 Å². The van der Waals surface area contributed by atoms with Crippen molar-refractivity contribution in [2.24, 2.45) is 11.3 Å². The molecule has 0 N–H and O–H groups in total. The molecule has 2 unspecified atom stereocenters. The summed E-state index contributed by atoms with van der Waals surface area (Å²) < 4.78 is 5.46. The van der Waals surface area contributed by atoms with Crippen molar-refractivity contribution in [1.82, 2.24) is 0 Å². The van der Waals surface area contributed by atoms with Gasteiger partial charge in [0.15, 0.2) is 5.78 Å². The van der Waals surface area contributed by atoms with Crippen LogP contribution < -0.4 is 4.74 Å². The van der Waals surface area contributed by atoms with Crippen LogP contribution in [-0.2, 0) is 0 Å². The standard InChI is InChI=1S/C19H20O2/c1-19(2)16(14-11-7-8-12-15(14)21-3)17(19)18(20)13-9-5-4-6-10-13/h4-12,16-17H,1-3H3. The molecule has 1 fully saturated rings. The van der Waals surface area contributed by atoms with Crippen LogP contribution in [0.1, 0.15) is 35.7 Å². The van der Waals surface area contributed by atoms with E-state index >= 15 is 0 Å². The largest absolute Gasteiger partial charge is 0.496 e. The molecule has 0 bridgehead atoms. The van der Waals surface area contributed by atoms with E-state index in [9.17, 15) is 4.79 Å². The highest BCUT2D eigenvalue weighted by Crippen LogP contribution is 2.66. The molecule has 1 aliphatic carbocycles. The van der Waals surface area contributed by atoms with Crippen LogP contribution in [0.2, 0.25) is 0 Å². The van der Waals surface area contributed by atoms with Gasteiger partial charge in [-0.2, -0.15) is 0 Å². The van der Waals surface area contributed by atoms with Crippen molar-refractivity contribution in [3.63, 3.8) is 0 Å². The zero-order valence-electron chi connectivity index (χ0n) is 12.7. The average molecular weight is 280 g/mol. The predicted molar refractivity (Wildman–Crippen MR) is 83.8 cm³/mol. The van der Waals surface area contributed by atoms with E-state index < -0.39 is 0 Å². The maximum Gasteiger partial charge on any atom is 0.167 e. The van der Waals surface area contributed by atoms with Gasteiger partial charge in [-0.25, -0.2) is 0 Å². The van der Waals surface area contributed by atoms with Crippen LogP contribution in [-0.4, -0.2) is 12.9 Å². The molecule has 0 amide bonds. The Bertz CT molecular complexity index is 658. The van der Waals surface area contributed by atoms with Gasteiger partial charge in [0.05, 0.1) is 7.11 Å². The van der Waals surface area contributed by atoms with Gasteiger partial charge in [0.2, 0.25) is 0 Å². The van der Waals surface area contributed by atoms with E-state index in [0.29, 0.717) is 0 Å². The minimum Gasteiger partial charge on any atom is -0.496 e. The number of carbonyl (C=O) groups excluding carboxylic acids is 1. The van der Waals surface area contributed by atoms with Gasteiger partial charge >= 0.3 is 0 Å². The normalized spacial score (nSPS) is 22.6. The van der Waals surface area contributed by atoms with E-state index in [1.807, 2.05) is 48.5 Å². The minimum absolute atomic E-state index is 0.0243. The quantitative estimate of drug-likeness (QED) is 0.780. The highest BCUT2D eigenvalue weighted by Gasteiger charge is 2.62. The fourth-order valence-corrected chi connectivity index (χ4v) is 3.41. The molecule has 0 heterocycles. The zero-order chi connectivity index (χ0) is 15.0. The van der Waals surface area contributed by atoms with Crippen molar-refractivity contribution in [3.05, 3.63) is 65.7 Å². The van der Waals surface area contributed by atoms with Crippen molar-refractivity contribution < 1.29 is 9.53 Å². The minimum atomic E-state index is -0.0262. The second kappa shape index (κ2) is 5.03. The van der Waals surface area contributed by atoms with Gasteiger partial charge in [0.25, 0.3) is 0 Å². The third-order valence-corrected chi connectivity index (χ3v) is 4.64. The summed E-state index contributed by atoms with van der Waals surface area (Å²) in [5.41, 5.74) is 1.91. The molecule has 21 heavy (non-hydrogen) atoms. The van der Waals surface area contributed by atoms with Gasteiger partial charge in [-0.3, -0.25) is 4.79 Å². The summed E-state index contributed by atoms with van der Waals surface area (Å²) >= 11 is 0. The van der Waals surface area contributed by atoms with E-state index in [-0.39, 0.29) is 23.0 Å². The highest BCUT2D eigenvalue weighted by molar-refractivity contribution is 6.01. The lowest BCUT2D eigenvalue weighted by Crippen LogP contribution is -2.06. The van der Waals surface area contributed by atoms with E-state index in [1.165, 1.54) is 0 Å². The first-order valence-electron chi connectivity index (χ1n) is 7.29. The van der Waals surface area contributed by atoms with E-state index in [0.717, 1.165) is 16.9 Å². The molecule has 0 saturated heterocycles. The molecule has 0 radical (unpaired) electrons. The fourth-order valence-electron chi connectivity index (χ4n) is 3.41. The number of hydrogen-bond donors (Lipinski definition) is 0. The van der Waals surface area contributed by atoms with Crippen LogP contribution in [0.15, 0.2) is 54.6 Å². The molecule has 2 aromatic carbocycles. The van der Waals surface area contributed by atoms with Crippen molar-refractivity contribution in [2.75, 3.05) is 7.11 Å². The third kappa shape index (κ3) is 2.25. The summed E-state index contributed by atoms with van der Waals surface area (Å²) in [5, 5.41) is 0. The molecule has 2 heteroatoms. The number of carbonyl (C=O) groups is 1. The maximum absolute atomic E-state index is 12.8. The number of hydrogen-bond acceptors (Lipinski definition) is 2. The lowest BCUT2D eigenvalue weighted by molar-refractivity contribution is 0.0952. The molecule has 0 aromatic heterocycles. The maximum atomic E-state index is 12.8. The van der Waals surface area contributed by atoms with Crippen LogP contribution in [0.5, 0.6) is 5.75 Å². The van der Waals surface area contributed by atoms with Crippen LogP contribution in [0, 0.1) is 11.3 Å². The molecule has 1 aliphatic rings. The Hall–Kier alpha value is -2.09. The Kier molecular flexibility index (Phi) is 3.32. The summed E-state index contributed by atoms with van der Waals surface area (Å²) in [5.74, 6) is 1.35. The first-order chi connectivity index (χ1) is 10.1. The van der Waals surface area contributed by atoms with Crippen LogP contribution in [0.3, 0.4) is 0 Å². The first kappa shape index (κ1) is 13.9. The lowest BCUT2D eigenvalue weighted by Gasteiger charge is -2.08. The van der Waals surface area contributed by atoms with Gasteiger partial charge in [0, 0.05) is 17.4 Å². The molecule has 0 spiro atoms. The molecule has 108 valence electrons. The van der Waals surface area contributed by atoms with Crippen molar-refractivity contribution in [3.8, 4) is 5.75 Å². The average Bonchev–Trinajstić information content (AvgIpc) is 3.09. The second-order valence-corrected chi connectivity index (χ2v) is 6.25. The van der Waals surface area contributed by atoms with E-state index in [1.54, 1.807) is 7.11 Å². The summed E-state index contributed by atoms with van der Waals surface area (Å²) in [6, 6.07) is 17.6. The number of benzene rings is 2. The lowest BCUT2D eigenvalue weighted by atomic mass is 10.0. The van der Waals surface area contributed by atoms with Gasteiger partial charge in [-0.15, -0.1) is 0 Å². The summed E-state index contributed by atoms with van der Waals surface area (Å²) in [6.07, 6.45) is 0. The van der Waals surface area contributed by atoms with Crippen molar-refractivity contribution in [2.45, 2.75) is 19.8 Å². The van der Waals surface area contributed by atoms with Crippen LogP contribution in [0.25, 0.3) is 0 Å². The fraction of sp³-hybridized carbons (Fsp3) is 0.316. The molecule has 2 nitrogen and oxygen atoms in total. The van der Waals surface area contributed by atoms with Crippen LogP contribution in [0.4, 0.5) is 0 Å². The Morgan fingerprint density at radius 1 is 1.00 bits per heavy atom. The van der Waals surface area contributed by atoms with Gasteiger partial charge in [0.1, 0.15) is 5.75 Å². The first-order valence-corrected chi connectivity index (χ1v) is 7.29. The van der Waals surface area contributed by atoms with E-state index in [4.69, 9.17) is 4.74 Å². The number of Topliss-reactive ketones (excluding diaryl/α,β-unsaturated/α-hetero) is 1. The third-order valence-electron chi connectivity index (χ3n) is 4.64. The van der Waals surface area contributed by atoms with Crippen molar-refractivity contribution in [1.29, 1.82) is 0 Å². The number of ether oxygens (including phenoxy) is 1. The summed E-state index contributed by atoms with van der Waals surface area (Å²) in [4.78, 5) is 12.8. The molecule has 3 rings (SSSR count). The number of para-hydroxylation sites is 1. The Labute approximate surface area is 125 Å². The summed E-state index contributed by atoms with van der Waals surface area (Å²) in [6.45, 7) is 4.32. The van der Waals surface area contributed by atoms with Gasteiger partial charge < -0.3 is 4.74 Å². The number of methoxy groups -OCH3 is 1. The Morgan fingerprint density at radius 3 is 2.29 bits per heavy atom. The molecular weight excluding hydrogens is 260 g/mol. The number of rotatable bonds is 4. The van der Waals surface area contributed by atoms with Gasteiger partial charge in [-0.1, -0.05) is 62.4 Å². The molecule has 0 aliphatic heterocycles. The predicted octanol–water partition coefficient (Wildman–Crippen LogP) is 4.32.